The molecule has 2 bridgehead atoms. The number of hydrogen-bond acceptors (Lipinski definition) is 5. The molecule has 1 aliphatic carbocycles. The lowest BCUT2D eigenvalue weighted by Gasteiger charge is -2.44. The highest BCUT2D eigenvalue weighted by Gasteiger charge is 2.46. The van der Waals surface area contributed by atoms with Crippen LogP contribution in [0, 0.1) is 23.5 Å². The number of rotatable bonds is 3. The Morgan fingerprint density at radius 2 is 2.06 bits per heavy atom. The predicted molar refractivity (Wildman–Crippen MR) is 103 cm³/mol. The van der Waals surface area contributed by atoms with E-state index < -0.39 is 34.6 Å². The van der Waals surface area contributed by atoms with Gasteiger partial charge in [-0.15, -0.1) is 0 Å². The van der Waals surface area contributed by atoms with E-state index in [1.165, 1.54) is 10.8 Å². The van der Waals surface area contributed by atoms with Gasteiger partial charge >= 0.3 is 0 Å². The minimum absolute atomic E-state index is 0.0333. The first-order valence-electron chi connectivity index (χ1n) is 10.2. The highest BCUT2D eigenvalue weighted by molar-refractivity contribution is 5.99. The number of nitrogens with one attached hydrogen (secondary N) is 1. The molecule has 2 aromatic heterocycles. The molecule has 5 rings (SSSR count). The number of amides is 2. The molecule has 1 saturated heterocycles. The van der Waals surface area contributed by atoms with E-state index in [2.05, 4.69) is 10.3 Å². The Hall–Kier alpha value is -3.30. The number of hydrogen-bond donors (Lipinski definition) is 2. The minimum atomic E-state index is -0.969. The van der Waals surface area contributed by atoms with E-state index >= 15 is 0 Å². The molecule has 0 aromatic carbocycles. The normalized spacial score (nSPS) is 24.0. The number of halogens is 2. The zero-order valence-electron chi connectivity index (χ0n) is 16.5. The fourth-order valence-corrected chi connectivity index (χ4v) is 5.13. The van der Waals surface area contributed by atoms with E-state index in [1.807, 2.05) is 0 Å². The lowest BCUT2D eigenvalue weighted by molar-refractivity contribution is 0.0354. The van der Waals surface area contributed by atoms with Crippen molar-refractivity contribution in [2.75, 3.05) is 6.54 Å². The molecule has 2 aliphatic heterocycles. The van der Waals surface area contributed by atoms with Gasteiger partial charge in [-0.25, -0.2) is 8.78 Å². The van der Waals surface area contributed by atoms with Crippen molar-refractivity contribution in [2.24, 2.45) is 11.8 Å². The molecule has 2 N–H and O–H groups in total. The second-order valence-corrected chi connectivity index (χ2v) is 8.45. The molecule has 0 radical (unpaired) electrons. The number of carbonyl (C=O) groups excluding carboxylic acids is 2. The molecule has 8 nitrogen and oxygen atoms in total. The molecule has 31 heavy (non-hydrogen) atoms. The second-order valence-electron chi connectivity index (χ2n) is 8.45. The fraction of sp³-hybridized carbons (Fsp3) is 0.429. The summed E-state index contributed by atoms with van der Waals surface area (Å²) in [5, 5.41) is 12.8. The van der Waals surface area contributed by atoms with Crippen molar-refractivity contribution >= 4 is 11.8 Å². The zero-order valence-corrected chi connectivity index (χ0v) is 16.5. The third kappa shape index (κ3) is 3.17. The number of aromatic hydroxyl groups is 1. The summed E-state index contributed by atoms with van der Waals surface area (Å²) in [6.07, 6.45) is 5.24. The lowest BCUT2D eigenvalue weighted by atomic mass is 9.88. The molecule has 10 heteroatoms. The molecule has 2 fully saturated rings. The largest absolute Gasteiger partial charge is 0.503 e. The molecular formula is C21H20F2N4O4. The van der Waals surface area contributed by atoms with Gasteiger partial charge < -0.3 is 19.9 Å². The first kappa shape index (κ1) is 19.7. The molecule has 3 atom stereocenters. The van der Waals surface area contributed by atoms with Crippen molar-refractivity contribution < 1.29 is 23.5 Å². The molecule has 162 valence electrons. The van der Waals surface area contributed by atoms with Crippen LogP contribution in [0.2, 0.25) is 0 Å². The number of aromatic nitrogens is 2. The van der Waals surface area contributed by atoms with E-state index in [4.69, 9.17) is 0 Å². The van der Waals surface area contributed by atoms with Gasteiger partial charge in [0.1, 0.15) is 17.2 Å². The van der Waals surface area contributed by atoms with E-state index in [9.17, 15) is 28.3 Å². The van der Waals surface area contributed by atoms with Gasteiger partial charge in [-0.05, 0) is 31.1 Å². The standard InChI is InChI=1S/C21H20F2N4O4/c22-12-4-14(23)15(24-5-12)6-25-20(30)13-8-26-9-16-11-2-1-10(3-11)7-27(16)21(31)17(26)19(29)18(13)28/h4-5,8,10-11,16,29H,1-3,6-7,9H2,(H,25,30)/t10?,11-,16+/m1/s1. The van der Waals surface area contributed by atoms with Crippen LogP contribution in [0.25, 0.3) is 0 Å². The summed E-state index contributed by atoms with van der Waals surface area (Å²) in [5.41, 5.74) is -1.63. The van der Waals surface area contributed by atoms with Crippen molar-refractivity contribution in [1.82, 2.24) is 19.8 Å². The summed E-state index contributed by atoms with van der Waals surface area (Å²) in [4.78, 5) is 43.6. The molecule has 2 amide bonds. The Bertz CT molecular complexity index is 1160. The summed E-state index contributed by atoms with van der Waals surface area (Å²) in [6, 6.07) is 0.609. The smallest absolute Gasteiger partial charge is 0.274 e. The highest BCUT2D eigenvalue weighted by atomic mass is 19.1. The Balaban J connectivity index is 1.44. The number of nitrogens with zero attached hydrogens (tertiary/aromatic N) is 3. The van der Waals surface area contributed by atoms with Crippen LogP contribution in [0.3, 0.4) is 0 Å². The molecule has 1 unspecified atom stereocenters. The fourth-order valence-electron chi connectivity index (χ4n) is 5.13. The average Bonchev–Trinajstić information content (AvgIpc) is 3.13. The third-order valence-corrected chi connectivity index (χ3v) is 6.63. The molecule has 0 spiro atoms. The first-order chi connectivity index (χ1) is 14.8. The van der Waals surface area contributed by atoms with Gasteiger partial charge in [-0.3, -0.25) is 19.4 Å². The summed E-state index contributed by atoms with van der Waals surface area (Å²) >= 11 is 0. The average molecular weight is 430 g/mol. The summed E-state index contributed by atoms with van der Waals surface area (Å²) in [7, 11) is 0. The van der Waals surface area contributed by atoms with Crippen molar-refractivity contribution in [3.63, 3.8) is 0 Å². The quantitative estimate of drug-likeness (QED) is 0.766. The van der Waals surface area contributed by atoms with Crippen LogP contribution >= 0.6 is 0 Å². The van der Waals surface area contributed by atoms with Crippen LogP contribution in [-0.4, -0.2) is 44.0 Å². The second kappa shape index (κ2) is 7.14. The third-order valence-electron chi connectivity index (χ3n) is 6.63. The van der Waals surface area contributed by atoms with Gasteiger partial charge in [0, 0.05) is 25.4 Å². The predicted octanol–water partition coefficient (Wildman–Crippen LogP) is 1.41. The van der Waals surface area contributed by atoms with Crippen molar-refractivity contribution in [2.45, 2.75) is 38.4 Å². The van der Waals surface area contributed by atoms with Crippen LogP contribution < -0.4 is 10.7 Å². The van der Waals surface area contributed by atoms with E-state index in [1.54, 1.807) is 4.90 Å². The van der Waals surface area contributed by atoms with Crippen LogP contribution in [0.5, 0.6) is 5.75 Å². The maximum atomic E-state index is 13.7. The molecule has 2 aromatic rings. The van der Waals surface area contributed by atoms with Crippen molar-refractivity contribution in [3.05, 3.63) is 57.3 Å². The van der Waals surface area contributed by atoms with E-state index in [0.717, 1.165) is 25.5 Å². The Kier molecular flexibility index (Phi) is 4.53. The van der Waals surface area contributed by atoms with E-state index in [0.29, 0.717) is 31.0 Å². The van der Waals surface area contributed by atoms with Gasteiger partial charge in [-0.1, -0.05) is 0 Å². The summed E-state index contributed by atoms with van der Waals surface area (Å²) < 4.78 is 28.2. The summed E-state index contributed by atoms with van der Waals surface area (Å²) in [6.45, 7) is 0.637. The van der Waals surface area contributed by atoms with Crippen molar-refractivity contribution in [1.29, 1.82) is 0 Å². The van der Waals surface area contributed by atoms with Crippen LogP contribution in [0.1, 0.15) is 45.8 Å². The SMILES string of the molecule is O=C(NCc1ncc(F)cc1F)c1cn2c(c(O)c1=O)C(=O)N1CC3CC[C@H](C3)[C@@H]1C2. The van der Waals surface area contributed by atoms with Crippen LogP contribution in [-0.2, 0) is 13.1 Å². The maximum absolute atomic E-state index is 13.7. The minimum Gasteiger partial charge on any atom is -0.503 e. The van der Waals surface area contributed by atoms with Gasteiger partial charge in [0.05, 0.1) is 24.5 Å². The number of carbonyl (C=O) groups is 2. The topological polar surface area (TPSA) is 105 Å². The Morgan fingerprint density at radius 3 is 2.84 bits per heavy atom. The lowest BCUT2D eigenvalue weighted by Crippen LogP contribution is -2.55. The first-order valence-corrected chi connectivity index (χ1v) is 10.2. The summed E-state index contributed by atoms with van der Waals surface area (Å²) in [5.74, 6) is -2.96. The highest BCUT2D eigenvalue weighted by Crippen LogP contribution is 2.43. The number of piperidine rings is 1. The van der Waals surface area contributed by atoms with Crippen LogP contribution in [0.4, 0.5) is 8.78 Å². The maximum Gasteiger partial charge on any atom is 0.274 e. The molecular weight excluding hydrogens is 410 g/mol. The van der Waals surface area contributed by atoms with E-state index in [-0.39, 0.29) is 29.5 Å². The number of fused-ring (bicyclic) bond motifs is 5. The van der Waals surface area contributed by atoms with Gasteiger partial charge in [-0.2, -0.15) is 0 Å². The van der Waals surface area contributed by atoms with Gasteiger partial charge in [0.2, 0.25) is 5.43 Å². The van der Waals surface area contributed by atoms with Crippen molar-refractivity contribution in [3.8, 4) is 5.75 Å². The number of pyridine rings is 2. The van der Waals surface area contributed by atoms with Gasteiger partial charge in [0.25, 0.3) is 11.8 Å². The molecule has 4 heterocycles. The van der Waals surface area contributed by atoms with Crippen LogP contribution in [0.15, 0.2) is 23.3 Å². The molecule has 1 saturated carbocycles. The Morgan fingerprint density at radius 1 is 1.26 bits per heavy atom. The zero-order chi connectivity index (χ0) is 21.9. The monoisotopic (exact) mass is 430 g/mol. The van der Waals surface area contributed by atoms with Gasteiger partial charge in [0.15, 0.2) is 11.4 Å². The molecule has 3 aliphatic rings. The Labute approximate surface area is 175 Å².